The summed E-state index contributed by atoms with van der Waals surface area (Å²) in [5.74, 6) is -2.30. The van der Waals surface area contributed by atoms with Crippen LogP contribution in [-0.2, 0) is 0 Å². The summed E-state index contributed by atoms with van der Waals surface area (Å²) in [6.07, 6.45) is 1.44. The summed E-state index contributed by atoms with van der Waals surface area (Å²) in [7, 11) is 0. The van der Waals surface area contributed by atoms with E-state index >= 15 is 0 Å². The van der Waals surface area contributed by atoms with E-state index < -0.39 is 17.5 Å². The lowest BCUT2D eigenvalue weighted by atomic mass is 10.2. The maximum absolute atomic E-state index is 13.8. The van der Waals surface area contributed by atoms with Crippen LogP contribution in [0.25, 0.3) is 0 Å². The van der Waals surface area contributed by atoms with Crippen molar-refractivity contribution in [1.82, 2.24) is 15.1 Å². The maximum Gasteiger partial charge on any atom is 0.322 e. The number of carbonyl (C=O) groups is 2. The van der Waals surface area contributed by atoms with Gasteiger partial charge >= 0.3 is 6.03 Å². The number of hydrogen-bond acceptors (Lipinski definition) is 5. The summed E-state index contributed by atoms with van der Waals surface area (Å²) in [4.78, 5) is 26.9. The van der Waals surface area contributed by atoms with E-state index in [1.807, 2.05) is 13.0 Å². The molecule has 2 heterocycles. The first-order chi connectivity index (χ1) is 15.3. The van der Waals surface area contributed by atoms with Crippen LogP contribution >= 0.6 is 22.9 Å². The van der Waals surface area contributed by atoms with Crippen molar-refractivity contribution in [3.8, 4) is 0 Å². The molecule has 2 aromatic carbocycles. The molecule has 1 fully saturated rings. The summed E-state index contributed by atoms with van der Waals surface area (Å²) in [5.41, 5.74) is 1.32. The minimum absolute atomic E-state index is 0.0151. The molecule has 0 radical (unpaired) electrons. The van der Waals surface area contributed by atoms with E-state index in [9.17, 15) is 18.4 Å². The molecule has 0 spiro atoms. The number of likely N-dealkylation sites (tertiary alicyclic amines) is 1. The number of nitrogens with one attached hydrogen (secondary N) is 2. The zero-order chi connectivity index (χ0) is 22.8. The molecule has 0 aliphatic carbocycles. The van der Waals surface area contributed by atoms with E-state index in [2.05, 4.69) is 20.8 Å². The van der Waals surface area contributed by atoms with E-state index in [1.165, 1.54) is 0 Å². The molecule has 1 aliphatic rings. The molecule has 2 N–H and O–H groups in total. The van der Waals surface area contributed by atoms with Crippen molar-refractivity contribution in [3.63, 3.8) is 0 Å². The van der Waals surface area contributed by atoms with Gasteiger partial charge in [0.1, 0.15) is 16.6 Å². The van der Waals surface area contributed by atoms with Crippen LogP contribution in [0.3, 0.4) is 0 Å². The monoisotopic (exact) mass is 477 g/mol. The summed E-state index contributed by atoms with van der Waals surface area (Å²) in [6, 6.07) is 7.48. The second kappa shape index (κ2) is 9.17. The van der Waals surface area contributed by atoms with Gasteiger partial charge in [0.05, 0.1) is 11.7 Å². The number of aryl methyl sites for hydroxylation is 1. The Hall–Kier alpha value is -3.11. The Morgan fingerprint density at radius 1 is 1.16 bits per heavy atom. The molecule has 3 aromatic rings. The molecular formula is C21H18ClF2N5O2S. The number of rotatable bonds is 4. The van der Waals surface area contributed by atoms with Gasteiger partial charge in [0, 0.05) is 23.3 Å². The zero-order valence-corrected chi connectivity index (χ0v) is 18.4. The first kappa shape index (κ1) is 22.1. The number of carbonyl (C=O) groups excluding carboxylic acids is 2. The Labute approximate surface area is 191 Å². The SMILES string of the molecule is Cc1ccc(NC(=O)N2CCC[C@H]2c2nnc(C(=O)Nc3ccc(F)cc3F)s2)cc1Cl. The van der Waals surface area contributed by atoms with Crippen molar-refractivity contribution in [2.75, 3.05) is 17.2 Å². The molecule has 32 heavy (non-hydrogen) atoms. The van der Waals surface area contributed by atoms with Gasteiger partial charge in [-0.1, -0.05) is 29.0 Å². The number of hydrogen-bond donors (Lipinski definition) is 2. The topological polar surface area (TPSA) is 87.2 Å². The lowest BCUT2D eigenvalue weighted by molar-refractivity contribution is 0.102. The second-order valence-electron chi connectivity index (χ2n) is 7.27. The molecule has 166 valence electrons. The third kappa shape index (κ3) is 4.71. The summed E-state index contributed by atoms with van der Waals surface area (Å²) >= 11 is 7.15. The lowest BCUT2D eigenvalue weighted by Crippen LogP contribution is -2.34. The number of urea groups is 1. The van der Waals surface area contributed by atoms with Gasteiger partial charge in [-0.05, 0) is 49.6 Å². The maximum atomic E-state index is 13.8. The lowest BCUT2D eigenvalue weighted by Gasteiger charge is -2.23. The van der Waals surface area contributed by atoms with Gasteiger partial charge in [-0.2, -0.15) is 0 Å². The Morgan fingerprint density at radius 3 is 2.72 bits per heavy atom. The smallest absolute Gasteiger partial charge is 0.317 e. The van der Waals surface area contributed by atoms with Gasteiger partial charge in [-0.3, -0.25) is 4.79 Å². The second-order valence-corrected chi connectivity index (χ2v) is 8.69. The highest BCUT2D eigenvalue weighted by Crippen LogP contribution is 2.34. The van der Waals surface area contributed by atoms with Gasteiger partial charge < -0.3 is 15.5 Å². The predicted octanol–water partition coefficient (Wildman–Crippen LogP) is 5.40. The van der Waals surface area contributed by atoms with Gasteiger partial charge in [0.25, 0.3) is 5.91 Å². The van der Waals surface area contributed by atoms with E-state index in [0.29, 0.717) is 34.7 Å². The fraction of sp³-hybridized carbons (Fsp3) is 0.238. The summed E-state index contributed by atoms with van der Waals surface area (Å²) in [6.45, 7) is 2.40. The fourth-order valence-corrected chi connectivity index (χ4v) is 4.43. The largest absolute Gasteiger partial charge is 0.322 e. The van der Waals surface area contributed by atoms with Crippen LogP contribution in [0.15, 0.2) is 36.4 Å². The summed E-state index contributed by atoms with van der Waals surface area (Å²) in [5, 5.41) is 14.2. The number of aromatic nitrogens is 2. The third-order valence-corrected chi connectivity index (χ3v) is 6.47. The highest BCUT2D eigenvalue weighted by molar-refractivity contribution is 7.13. The molecule has 0 bridgehead atoms. The average molecular weight is 478 g/mol. The number of benzene rings is 2. The highest BCUT2D eigenvalue weighted by Gasteiger charge is 2.33. The average Bonchev–Trinajstić information content (AvgIpc) is 3.42. The first-order valence-electron chi connectivity index (χ1n) is 9.75. The quantitative estimate of drug-likeness (QED) is 0.526. The Balaban J connectivity index is 1.45. The van der Waals surface area contributed by atoms with E-state index in [-0.39, 0.29) is 22.8 Å². The van der Waals surface area contributed by atoms with Crippen molar-refractivity contribution in [2.24, 2.45) is 0 Å². The number of anilines is 2. The van der Waals surface area contributed by atoms with Crippen molar-refractivity contribution in [3.05, 3.63) is 68.6 Å². The number of amides is 3. The van der Waals surface area contributed by atoms with Crippen LogP contribution in [0.1, 0.15) is 39.3 Å². The van der Waals surface area contributed by atoms with Crippen molar-refractivity contribution >= 4 is 46.3 Å². The first-order valence-corrected chi connectivity index (χ1v) is 10.9. The Kier molecular flexibility index (Phi) is 6.33. The molecule has 1 aromatic heterocycles. The molecule has 1 aliphatic heterocycles. The normalized spacial score (nSPS) is 15.6. The van der Waals surface area contributed by atoms with Gasteiger partial charge in [0.2, 0.25) is 5.01 Å². The fourth-order valence-electron chi connectivity index (χ4n) is 3.36. The van der Waals surface area contributed by atoms with Crippen LogP contribution in [0.4, 0.5) is 25.0 Å². The number of nitrogens with zero attached hydrogens (tertiary/aromatic N) is 3. The van der Waals surface area contributed by atoms with E-state index in [4.69, 9.17) is 11.6 Å². The van der Waals surface area contributed by atoms with E-state index in [1.54, 1.807) is 17.0 Å². The molecule has 3 amide bonds. The predicted molar refractivity (Wildman–Crippen MR) is 118 cm³/mol. The highest BCUT2D eigenvalue weighted by atomic mass is 35.5. The van der Waals surface area contributed by atoms with Crippen LogP contribution in [0.2, 0.25) is 5.02 Å². The van der Waals surface area contributed by atoms with Gasteiger partial charge in [0.15, 0.2) is 0 Å². The van der Waals surface area contributed by atoms with Gasteiger partial charge in [-0.15, -0.1) is 10.2 Å². The molecule has 1 saturated heterocycles. The summed E-state index contributed by atoms with van der Waals surface area (Å²) < 4.78 is 26.8. The third-order valence-electron chi connectivity index (χ3n) is 5.04. The van der Waals surface area contributed by atoms with Crippen LogP contribution in [0, 0.1) is 18.6 Å². The van der Waals surface area contributed by atoms with Crippen LogP contribution in [-0.4, -0.2) is 33.6 Å². The van der Waals surface area contributed by atoms with Crippen LogP contribution < -0.4 is 10.6 Å². The van der Waals surface area contributed by atoms with Gasteiger partial charge in [-0.25, -0.2) is 13.6 Å². The molecule has 0 unspecified atom stereocenters. The van der Waals surface area contributed by atoms with Crippen molar-refractivity contribution in [2.45, 2.75) is 25.8 Å². The Morgan fingerprint density at radius 2 is 1.97 bits per heavy atom. The molecule has 0 saturated carbocycles. The minimum atomic E-state index is -0.891. The van der Waals surface area contributed by atoms with E-state index in [0.717, 1.165) is 35.5 Å². The standard InChI is InChI=1S/C21H18ClF2N5O2S/c1-11-4-6-13(10-14(11)22)25-21(31)29-8-2-3-17(29)19-27-28-20(32-19)18(30)26-16-7-5-12(23)9-15(16)24/h4-7,9-10,17H,2-3,8H2,1H3,(H,25,31)(H,26,30)/t17-/m0/s1. The molecule has 4 rings (SSSR count). The van der Waals surface area contributed by atoms with Crippen molar-refractivity contribution < 1.29 is 18.4 Å². The molecule has 7 nitrogen and oxygen atoms in total. The minimum Gasteiger partial charge on any atom is -0.317 e. The van der Waals surface area contributed by atoms with Crippen LogP contribution in [0.5, 0.6) is 0 Å². The molecule has 11 heteroatoms. The molecular weight excluding hydrogens is 460 g/mol. The molecule has 1 atom stereocenters. The zero-order valence-electron chi connectivity index (χ0n) is 16.9. The van der Waals surface area contributed by atoms with Crippen molar-refractivity contribution in [1.29, 1.82) is 0 Å². The Bertz CT molecular complexity index is 1190. The number of halogens is 3.